The van der Waals surface area contributed by atoms with Crippen LogP contribution in [0.2, 0.25) is 0 Å². The lowest BCUT2D eigenvalue weighted by Gasteiger charge is -2.10. The van der Waals surface area contributed by atoms with Gasteiger partial charge in [0.2, 0.25) is 0 Å². The quantitative estimate of drug-likeness (QED) is 0.491. The standard InChI is InChI=1S/C24H18F2N2O2/c25-21-6-2-1-4-19(21)15-30-20-9-7-18(22(26)13-20)14-28-24(29)17-8-10-23-16(12-17)5-3-11-27-23/h1-13H,14-15H2,(H,28,29). The van der Waals surface area contributed by atoms with E-state index in [4.69, 9.17) is 4.74 Å². The van der Waals surface area contributed by atoms with Gasteiger partial charge in [-0.3, -0.25) is 9.78 Å². The molecule has 0 saturated heterocycles. The van der Waals surface area contributed by atoms with Gasteiger partial charge in [-0.15, -0.1) is 0 Å². The molecule has 1 N–H and O–H groups in total. The molecule has 0 radical (unpaired) electrons. The Bertz CT molecular complexity index is 1210. The Morgan fingerprint density at radius 3 is 2.60 bits per heavy atom. The molecule has 0 unspecified atom stereocenters. The monoisotopic (exact) mass is 404 g/mol. The molecular weight excluding hydrogens is 386 g/mol. The second-order valence-electron chi connectivity index (χ2n) is 6.73. The fourth-order valence-corrected chi connectivity index (χ4v) is 3.03. The Labute approximate surface area is 172 Å². The molecule has 1 amide bonds. The van der Waals surface area contributed by atoms with E-state index < -0.39 is 5.82 Å². The first kappa shape index (κ1) is 19.5. The number of halogens is 2. The number of aromatic nitrogens is 1. The minimum absolute atomic E-state index is 0.000976. The molecule has 3 aromatic carbocycles. The zero-order chi connectivity index (χ0) is 20.9. The van der Waals surface area contributed by atoms with Crippen LogP contribution in [0.5, 0.6) is 5.75 Å². The molecule has 0 atom stereocenters. The molecule has 0 aliphatic heterocycles. The van der Waals surface area contributed by atoms with E-state index in [0.717, 1.165) is 10.9 Å². The van der Waals surface area contributed by atoms with Gasteiger partial charge >= 0.3 is 0 Å². The first-order chi connectivity index (χ1) is 14.6. The van der Waals surface area contributed by atoms with Crippen LogP contribution in [0.25, 0.3) is 10.9 Å². The van der Waals surface area contributed by atoms with Crippen molar-refractivity contribution in [3.05, 3.63) is 107 Å². The van der Waals surface area contributed by atoms with E-state index in [0.29, 0.717) is 16.7 Å². The zero-order valence-electron chi connectivity index (χ0n) is 15.9. The first-order valence-electron chi connectivity index (χ1n) is 9.38. The predicted molar refractivity (Wildman–Crippen MR) is 110 cm³/mol. The van der Waals surface area contributed by atoms with Crippen LogP contribution in [0.4, 0.5) is 8.78 Å². The summed E-state index contributed by atoms with van der Waals surface area (Å²) in [7, 11) is 0. The van der Waals surface area contributed by atoms with Crippen molar-refractivity contribution < 1.29 is 18.3 Å². The van der Waals surface area contributed by atoms with Crippen LogP contribution in [0.15, 0.2) is 79.0 Å². The summed E-state index contributed by atoms with van der Waals surface area (Å²) in [6.07, 6.45) is 1.69. The Morgan fingerprint density at radius 2 is 1.77 bits per heavy atom. The summed E-state index contributed by atoms with van der Waals surface area (Å²) in [5.41, 5.74) is 1.98. The van der Waals surface area contributed by atoms with Gasteiger partial charge in [0.15, 0.2) is 0 Å². The van der Waals surface area contributed by atoms with Crippen LogP contribution < -0.4 is 10.1 Å². The Kier molecular flexibility index (Phi) is 5.66. The smallest absolute Gasteiger partial charge is 0.251 e. The summed E-state index contributed by atoms with van der Waals surface area (Å²) in [5, 5.41) is 3.57. The van der Waals surface area contributed by atoms with E-state index in [1.807, 2.05) is 6.07 Å². The summed E-state index contributed by atoms with van der Waals surface area (Å²) in [6.45, 7) is 0.0301. The summed E-state index contributed by atoms with van der Waals surface area (Å²) in [5.74, 6) is -0.904. The normalized spacial score (nSPS) is 10.7. The highest BCUT2D eigenvalue weighted by atomic mass is 19.1. The SMILES string of the molecule is O=C(NCc1ccc(OCc2ccccc2F)cc1F)c1ccc2ncccc2c1. The van der Waals surface area contributed by atoms with Crippen molar-refractivity contribution in [1.82, 2.24) is 10.3 Å². The number of nitrogens with one attached hydrogen (secondary N) is 1. The van der Waals surface area contributed by atoms with Gasteiger partial charge < -0.3 is 10.1 Å². The van der Waals surface area contributed by atoms with Crippen LogP contribution in [0.1, 0.15) is 21.5 Å². The molecule has 4 nitrogen and oxygen atoms in total. The van der Waals surface area contributed by atoms with E-state index >= 15 is 0 Å². The second kappa shape index (κ2) is 8.69. The Balaban J connectivity index is 1.38. The molecule has 0 aliphatic carbocycles. The molecule has 1 aromatic heterocycles. The molecule has 0 saturated carbocycles. The average Bonchev–Trinajstić information content (AvgIpc) is 2.77. The highest BCUT2D eigenvalue weighted by molar-refractivity contribution is 5.97. The van der Waals surface area contributed by atoms with E-state index in [1.54, 1.807) is 54.7 Å². The van der Waals surface area contributed by atoms with Crippen LogP contribution in [0, 0.1) is 11.6 Å². The fourth-order valence-electron chi connectivity index (χ4n) is 3.03. The topological polar surface area (TPSA) is 51.2 Å². The lowest BCUT2D eigenvalue weighted by Crippen LogP contribution is -2.23. The van der Waals surface area contributed by atoms with E-state index in [9.17, 15) is 13.6 Å². The van der Waals surface area contributed by atoms with Crippen molar-refractivity contribution >= 4 is 16.8 Å². The van der Waals surface area contributed by atoms with Crippen molar-refractivity contribution in [1.29, 1.82) is 0 Å². The lowest BCUT2D eigenvalue weighted by molar-refractivity contribution is 0.0950. The number of rotatable bonds is 6. The molecule has 6 heteroatoms. The lowest BCUT2D eigenvalue weighted by atomic mass is 10.1. The van der Waals surface area contributed by atoms with E-state index in [1.165, 1.54) is 18.2 Å². The molecule has 0 bridgehead atoms. The number of hydrogen-bond donors (Lipinski definition) is 1. The van der Waals surface area contributed by atoms with Crippen molar-refractivity contribution in [2.75, 3.05) is 0 Å². The summed E-state index contributed by atoms with van der Waals surface area (Å²) < 4.78 is 33.5. The van der Waals surface area contributed by atoms with Crippen molar-refractivity contribution in [2.24, 2.45) is 0 Å². The number of fused-ring (bicyclic) bond motifs is 1. The predicted octanol–water partition coefficient (Wildman–Crippen LogP) is 5.02. The van der Waals surface area contributed by atoms with Gasteiger partial charge in [-0.25, -0.2) is 8.78 Å². The van der Waals surface area contributed by atoms with Crippen molar-refractivity contribution in [2.45, 2.75) is 13.2 Å². The van der Waals surface area contributed by atoms with E-state index in [2.05, 4.69) is 10.3 Å². The molecule has 0 spiro atoms. The fraction of sp³-hybridized carbons (Fsp3) is 0.0833. The largest absolute Gasteiger partial charge is 0.489 e. The molecule has 30 heavy (non-hydrogen) atoms. The third-order valence-corrected chi connectivity index (χ3v) is 4.68. The van der Waals surface area contributed by atoms with Gasteiger partial charge in [0.25, 0.3) is 5.91 Å². The third kappa shape index (κ3) is 4.43. The van der Waals surface area contributed by atoms with Gasteiger partial charge in [0.1, 0.15) is 24.0 Å². The van der Waals surface area contributed by atoms with Gasteiger partial charge in [-0.1, -0.05) is 30.3 Å². The molecule has 4 rings (SSSR count). The summed E-state index contributed by atoms with van der Waals surface area (Å²) in [6, 6.07) is 19.5. The second-order valence-corrected chi connectivity index (χ2v) is 6.73. The minimum atomic E-state index is -0.510. The first-order valence-corrected chi connectivity index (χ1v) is 9.38. The molecule has 0 aliphatic rings. The van der Waals surface area contributed by atoms with Crippen LogP contribution >= 0.6 is 0 Å². The van der Waals surface area contributed by atoms with Gasteiger partial charge in [-0.2, -0.15) is 0 Å². The van der Waals surface area contributed by atoms with Crippen LogP contribution in [0.3, 0.4) is 0 Å². The van der Waals surface area contributed by atoms with Gasteiger partial charge in [0, 0.05) is 40.9 Å². The van der Waals surface area contributed by atoms with Crippen LogP contribution in [-0.4, -0.2) is 10.9 Å². The average molecular weight is 404 g/mol. The van der Waals surface area contributed by atoms with Gasteiger partial charge in [0.05, 0.1) is 5.52 Å². The third-order valence-electron chi connectivity index (χ3n) is 4.68. The maximum atomic E-state index is 14.4. The Morgan fingerprint density at radius 1 is 0.900 bits per heavy atom. The number of benzene rings is 3. The minimum Gasteiger partial charge on any atom is -0.489 e. The molecule has 1 heterocycles. The molecule has 4 aromatic rings. The maximum absolute atomic E-state index is 14.4. The number of nitrogens with zero attached hydrogens (tertiary/aromatic N) is 1. The zero-order valence-corrected chi connectivity index (χ0v) is 15.9. The number of carbonyl (C=O) groups is 1. The molecule has 150 valence electrons. The number of amides is 1. The van der Waals surface area contributed by atoms with Crippen molar-refractivity contribution in [3.63, 3.8) is 0 Å². The molecular formula is C24H18F2N2O2. The van der Waals surface area contributed by atoms with E-state index in [-0.39, 0.29) is 30.6 Å². The van der Waals surface area contributed by atoms with Crippen molar-refractivity contribution in [3.8, 4) is 5.75 Å². The number of pyridine rings is 1. The van der Waals surface area contributed by atoms with Gasteiger partial charge in [-0.05, 0) is 36.4 Å². The molecule has 0 fully saturated rings. The number of carbonyl (C=O) groups excluding carboxylic acids is 1. The summed E-state index contributed by atoms with van der Waals surface area (Å²) >= 11 is 0. The highest BCUT2D eigenvalue weighted by Crippen LogP contribution is 2.19. The number of ether oxygens (including phenoxy) is 1. The van der Waals surface area contributed by atoms with Crippen LogP contribution in [-0.2, 0) is 13.2 Å². The highest BCUT2D eigenvalue weighted by Gasteiger charge is 2.10. The maximum Gasteiger partial charge on any atom is 0.251 e. The number of hydrogen-bond acceptors (Lipinski definition) is 3. The summed E-state index contributed by atoms with van der Waals surface area (Å²) in [4.78, 5) is 16.6. The Hall–Kier alpha value is -3.80.